The fourth-order valence-electron chi connectivity index (χ4n) is 3.11. The minimum absolute atomic E-state index is 0.0804. The molecule has 1 fully saturated rings. The number of likely N-dealkylation sites (tertiary alicyclic amines) is 1. The molecule has 0 aliphatic carbocycles. The van der Waals surface area contributed by atoms with Gasteiger partial charge in [0.25, 0.3) is 11.5 Å². The third kappa shape index (κ3) is 2.92. The normalized spacial score (nSPS) is 17.1. The quantitative estimate of drug-likeness (QED) is 0.894. The molecule has 6 heteroatoms. The van der Waals surface area contributed by atoms with E-state index in [1.807, 2.05) is 24.3 Å². The van der Waals surface area contributed by atoms with E-state index in [2.05, 4.69) is 4.98 Å². The van der Waals surface area contributed by atoms with Crippen LogP contribution in [0.3, 0.4) is 0 Å². The van der Waals surface area contributed by atoms with E-state index in [0.29, 0.717) is 18.0 Å². The minimum Gasteiger partial charge on any atom is -0.496 e. The number of ether oxygens (including phenoxy) is 1. The lowest BCUT2D eigenvalue weighted by Crippen LogP contribution is -2.40. The zero-order valence-corrected chi connectivity index (χ0v) is 13.5. The van der Waals surface area contributed by atoms with Crippen LogP contribution in [0.5, 0.6) is 5.75 Å². The van der Waals surface area contributed by atoms with Crippen LogP contribution in [0.15, 0.2) is 41.2 Å². The first-order valence-electron chi connectivity index (χ1n) is 7.94. The van der Waals surface area contributed by atoms with Crippen molar-refractivity contribution in [3.63, 3.8) is 0 Å². The second kappa shape index (κ2) is 6.88. The van der Waals surface area contributed by atoms with Crippen molar-refractivity contribution in [3.8, 4) is 17.0 Å². The van der Waals surface area contributed by atoms with Crippen molar-refractivity contribution < 1.29 is 14.6 Å². The Morgan fingerprint density at radius 2 is 2.12 bits per heavy atom. The molecule has 1 aromatic carbocycles. The highest BCUT2D eigenvalue weighted by Crippen LogP contribution is 2.27. The number of aromatic amines is 1. The monoisotopic (exact) mass is 328 g/mol. The Bertz CT molecular complexity index is 800. The molecule has 1 unspecified atom stereocenters. The fraction of sp³-hybridized carbons (Fsp3) is 0.333. The molecule has 1 saturated heterocycles. The molecule has 0 radical (unpaired) electrons. The third-order valence-corrected chi connectivity index (χ3v) is 4.39. The van der Waals surface area contributed by atoms with Gasteiger partial charge in [0.1, 0.15) is 11.3 Å². The van der Waals surface area contributed by atoms with Crippen molar-refractivity contribution in [2.75, 3.05) is 20.3 Å². The molecule has 1 amide bonds. The molecule has 1 atom stereocenters. The Morgan fingerprint density at radius 1 is 1.33 bits per heavy atom. The Balaban J connectivity index is 1.93. The van der Waals surface area contributed by atoms with Gasteiger partial charge in [0.15, 0.2) is 0 Å². The van der Waals surface area contributed by atoms with E-state index < -0.39 is 5.56 Å². The van der Waals surface area contributed by atoms with Gasteiger partial charge in [-0.15, -0.1) is 0 Å². The molecule has 24 heavy (non-hydrogen) atoms. The molecule has 2 heterocycles. The smallest absolute Gasteiger partial charge is 0.261 e. The van der Waals surface area contributed by atoms with E-state index in [-0.39, 0.29) is 24.1 Å². The van der Waals surface area contributed by atoms with Gasteiger partial charge in [0.05, 0.1) is 25.5 Å². The summed E-state index contributed by atoms with van der Waals surface area (Å²) < 4.78 is 5.30. The molecule has 0 saturated carbocycles. The molecular formula is C18H20N2O4. The molecule has 6 nitrogen and oxygen atoms in total. The van der Waals surface area contributed by atoms with Crippen LogP contribution in [-0.2, 0) is 0 Å². The SMILES string of the molecule is COc1ccccc1-c1ccc(C(=O)N2CCCC2CO)c(=O)[nH]1. The van der Waals surface area contributed by atoms with Gasteiger partial charge in [-0.3, -0.25) is 9.59 Å². The van der Waals surface area contributed by atoms with Crippen LogP contribution in [0, 0.1) is 0 Å². The standard InChI is InChI=1S/C18H20N2O4/c1-24-16-7-3-2-6-13(16)15-9-8-14(17(22)19-15)18(23)20-10-4-5-12(20)11-21/h2-3,6-9,12,21H,4-5,10-11H2,1H3,(H,19,22). The summed E-state index contributed by atoms with van der Waals surface area (Å²) in [5, 5.41) is 9.36. The maximum absolute atomic E-state index is 12.6. The number of hydrogen-bond acceptors (Lipinski definition) is 4. The van der Waals surface area contributed by atoms with Crippen LogP contribution in [0.25, 0.3) is 11.3 Å². The molecular weight excluding hydrogens is 308 g/mol. The van der Waals surface area contributed by atoms with Gasteiger partial charge in [-0.05, 0) is 37.1 Å². The largest absolute Gasteiger partial charge is 0.496 e. The van der Waals surface area contributed by atoms with E-state index in [0.717, 1.165) is 18.4 Å². The van der Waals surface area contributed by atoms with E-state index in [4.69, 9.17) is 4.74 Å². The number of nitrogens with one attached hydrogen (secondary N) is 1. The number of aliphatic hydroxyl groups excluding tert-OH is 1. The number of amides is 1. The maximum atomic E-state index is 12.6. The first-order chi connectivity index (χ1) is 11.7. The summed E-state index contributed by atoms with van der Waals surface area (Å²) in [6, 6.07) is 10.4. The second-order valence-electron chi connectivity index (χ2n) is 5.79. The lowest BCUT2D eigenvalue weighted by molar-refractivity contribution is 0.0676. The van der Waals surface area contributed by atoms with Crippen LogP contribution in [-0.4, -0.2) is 47.2 Å². The second-order valence-corrected chi connectivity index (χ2v) is 5.79. The summed E-state index contributed by atoms with van der Waals surface area (Å²) >= 11 is 0. The number of carbonyl (C=O) groups is 1. The van der Waals surface area contributed by atoms with E-state index in [1.54, 1.807) is 18.1 Å². The Hall–Kier alpha value is -2.60. The zero-order valence-electron chi connectivity index (χ0n) is 13.5. The van der Waals surface area contributed by atoms with Crippen molar-refractivity contribution in [2.45, 2.75) is 18.9 Å². The highest BCUT2D eigenvalue weighted by atomic mass is 16.5. The first kappa shape index (κ1) is 16.3. The fourth-order valence-corrected chi connectivity index (χ4v) is 3.11. The number of H-pyrrole nitrogens is 1. The summed E-state index contributed by atoms with van der Waals surface area (Å²) in [5.74, 6) is 0.312. The minimum atomic E-state index is -0.438. The van der Waals surface area contributed by atoms with Crippen LogP contribution < -0.4 is 10.3 Å². The number of rotatable bonds is 4. The van der Waals surface area contributed by atoms with Crippen LogP contribution in [0.2, 0.25) is 0 Å². The van der Waals surface area contributed by atoms with Crippen molar-refractivity contribution in [2.24, 2.45) is 0 Å². The van der Waals surface area contributed by atoms with Crippen molar-refractivity contribution in [3.05, 3.63) is 52.3 Å². The van der Waals surface area contributed by atoms with Gasteiger partial charge in [-0.2, -0.15) is 0 Å². The van der Waals surface area contributed by atoms with Gasteiger partial charge in [0.2, 0.25) is 0 Å². The third-order valence-electron chi connectivity index (χ3n) is 4.39. The van der Waals surface area contributed by atoms with Crippen LogP contribution in [0.1, 0.15) is 23.2 Å². The number of pyridine rings is 1. The molecule has 0 spiro atoms. The molecule has 126 valence electrons. The summed E-state index contributed by atoms with van der Waals surface area (Å²) in [4.78, 5) is 29.3. The number of methoxy groups -OCH3 is 1. The highest BCUT2D eigenvalue weighted by molar-refractivity contribution is 5.94. The average molecular weight is 328 g/mol. The van der Waals surface area contributed by atoms with Gasteiger partial charge < -0.3 is 19.7 Å². The number of para-hydroxylation sites is 1. The predicted molar refractivity (Wildman–Crippen MR) is 90.2 cm³/mol. The van der Waals surface area contributed by atoms with Crippen LogP contribution in [0.4, 0.5) is 0 Å². The summed E-state index contributed by atoms with van der Waals surface area (Å²) in [7, 11) is 1.57. The number of nitrogens with zero attached hydrogens (tertiary/aromatic N) is 1. The Labute approximate surface area is 139 Å². The Morgan fingerprint density at radius 3 is 2.83 bits per heavy atom. The molecule has 2 aromatic rings. The van der Waals surface area contributed by atoms with Crippen molar-refractivity contribution >= 4 is 5.91 Å². The molecule has 0 bridgehead atoms. The number of benzene rings is 1. The van der Waals surface area contributed by atoms with Gasteiger partial charge in [-0.25, -0.2) is 0 Å². The van der Waals surface area contributed by atoms with E-state index >= 15 is 0 Å². The van der Waals surface area contributed by atoms with Gasteiger partial charge in [-0.1, -0.05) is 12.1 Å². The maximum Gasteiger partial charge on any atom is 0.261 e. The van der Waals surface area contributed by atoms with Gasteiger partial charge in [0, 0.05) is 12.1 Å². The predicted octanol–water partition coefficient (Wildman–Crippen LogP) is 1.65. The molecule has 1 aromatic heterocycles. The number of carbonyl (C=O) groups excluding carboxylic acids is 1. The van der Waals surface area contributed by atoms with Crippen LogP contribution >= 0.6 is 0 Å². The number of aliphatic hydroxyl groups is 1. The number of aromatic nitrogens is 1. The van der Waals surface area contributed by atoms with E-state index in [1.165, 1.54) is 6.07 Å². The summed E-state index contributed by atoms with van der Waals surface area (Å²) in [6.07, 6.45) is 1.60. The average Bonchev–Trinajstić information content (AvgIpc) is 3.09. The molecule has 2 N–H and O–H groups in total. The lowest BCUT2D eigenvalue weighted by atomic mass is 10.1. The topological polar surface area (TPSA) is 82.6 Å². The first-order valence-corrected chi connectivity index (χ1v) is 7.94. The lowest BCUT2D eigenvalue weighted by Gasteiger charge is -2.22. The van der Waals surface area contributed by atoms with Crippen molar-refractivity contribution in [1.82, 2.24) is 9.88 Å². The number of hydrogen-bond donors (Lipinski definition) is 2. The summed E-state index contributed by atoms with van der Waals surface area (Å²) in [5.41, 5.74) is 1.00. The summed E-state index contributed by atoms with van der Waals surface area (Å²) in [6.45, 7) is 0.487. The highest BCUT2D eigenvalue weighted by Gasteiger charge is 2.30. The Kier molecular flexibility index (Phi) is 4.66. The van der Waals surface area contributed by atoms with Gasteiger partial charge >= 0.3 is 0 Å². The van der Waals surface area contributed by atoms with E-state index in [9.17, 15) is 14.7 Å². The molecule has 1 aliphatic heterocycles. The molecule has 3 rings (SSSR count). The zero-order chi connectivity index (χ0) is 17.1. The molecule has 1 aliphatic rings. The van der Waals surface area contributed by atoms with Crippen molar-refractivity contribution in [1.29, 1.82) is 0 Å².